The minimum absolute atomic E-state index is 0.0215. The highest BCUT2D eigenvalue weighted by molar-refractivity contribution is 5.86. The molecule has 0 aliphatic heterocycles. The van der Waals surface area contributed by atoms with E-state index in [1.165, 1.54) is 25.1 Å². The Labute approximate surface area is 126 Å². The molecule has 1 N–H and O–H groups in total. The van der Waals surface area contributed by atoms with Gasteiger partial charge in [0.2, 0.25) is 0 Å². The van der Waals surface area contributed by atoms with Crippen molar-refractivity contribution in [3.63, 3.8) is 0 Å². The minimum atomic E-state index is -0.760. The summed E-state index contributed by atoms with van der Waals surface area (Å²) < 4.78 is 9.63. The molecule has 0 unspecified atom stereocenters. The topological polar surface area (TPSA) is 108 Å². The number of nitrogens with zero attached hydrogens (tertiary/aromatic N) is 1. The molecule has 0 aliphatic rings. The molecule has 0 radical (unpaired) electrons. The van der Waals surface area contributed by atoms with Crippen LogP contribution in [0.5, 0.6) is 0 Å². The van der Waals surface area contributed by atoms with Crippen LogP contribution in [0.4, 0.5) is 10.5 Å². The zero-order valence-corrected chi connectivity index (χ0v) is 12.0. The normalized spacial score (nSPS) is 9.68. The summed E-state index contributed by atoms with van der Waals surface area (Å²) in [5.74, 6) is -0.546. The fourth-order valence-electron chi connectivity index (χ4n) is 1.43. The van der Waals surface area contributed by atoms with Gasteiger partial charge in [0, 0.05) is 11.6 Å². The molecule has 0 aromatic heterocycles. The number of ether oxygens (including phenoxy) is 2. The lowest BCUT2D eigenvalue weighted by Gasteiger charge is -2.08. The van der Waals surface area contributed by atoms with Gasteiger partial charge in [0.25, 0.3) is 5.69 Å². The first-order valence-electron chi connectivity index (χ1n) is 6.37. The lowest BCUT2D eigenvalue weighted by molar-refractivity contribution is -0.385. The van der Waals surface area contributed by atoms with E-state index in [2.05, 4.69) is 11.9 Å². The van der Waals surface area contributed by atoms with Gasteiger partial charge in [-0.05, 0) is 13.0 Å². The lowest BCUT2D eigenvalue weighted by atomic mass is 10.2. The molecule has 0 aliphatic carbocycles. The number of esters is 1. The maximum absolute atomic E-state index is 11.4. The average Bonchev–Trinajstić information content (AvgIpc) is 2.49. The summed E-state index contributed by atoms with van der Waals surface area (Å²) in [4.78, 5) is 32.7. The van der Waals surface area contributed by atoms with Gasteiger partial charge in [-0.25, -0.2) is 9.59 Å². The van der Waals surface area contributed by atoms with Gasteiger partial charge in [0.15, 0.2) is 0 Å². The molecule has 0 heterocycles. The lowest BCUT2D eigenvalue weighted by Crippen LogP contribution is -2.28. The molecule has 118 valence electrons. The molecule has 1 aromatic rings. The molecule has 22 heavy (non-hydrogen) atoms. The Bertz CT molecular complexity index is 584. The van der Waals surface area contributed by atoms with E-state index < -0.39 is 17.0 Å². The van der Waals surface area contributed by atoms with Gasteiger partial charge in [-0.15, -0.1) is 0 Å². The molecule has 0 atom stereocenters. The third-order valence-corrected chi connectivity index (χ3v) is 2.50. The third kappa shape index (κ3) is 5.61. The highest BCUT2D eigenvalue weighted by atomic mass is 16.6. The van der Waals surface area contributed by atoms with Crippen molar-refractivity contribution >= 4 is 17.7 Å². The van der Waals surface area contributed by atoms with E-state index in [4.69, 9.17) is 9.47 Å². The number of nitro groups is 1. The van der Waals surface area contributed by atoms with Crippen LogP contribution in [0, 0.1) is 10.1 Å². The van der Waals surface area contributed by atoms with E-state index in [1.54, 1.807) is 6.07 Å². The Balaban J connectivity index is 2.34. The van der Waals surface area contributed by atoms with E-state index in [1.807, 2.05) is 0 Å². The van der Waals surface area contributed by atoms with Crippen molar-refractivity contribution in [1.82, 2.24) is 5.32 Å². The van der Waals surface area contributed by atoms with Crippen LogP contribution in [0.1, 0.15) is 12.5 Å². The Morgan fingerprint density at radius 3 is 2.64 bits per heavy atom. The maximum Gasteiger partial charge on any atom is 0.407 e. The number of amides is 1. The Hall–Kier alpha value is -2.90. The van der Waals surface area contributed by atoms with Crippen molar-refractivity contribution in [2.45, 2.75) is 13.5 Å². The number of alkyl carbamates (subject to hydrolysis) is 1. The fraction of sp³-hybridized carbons (Fsp3) is 0.286. The van der Waals surface area contributed by atoms with Crippen molar-refractivity contribution < 1.29 is 24.0 Å². The first-order valence-corrected chi connectivity index (χ1v) is 6.37. The molecular weight excluding hydrogens is 292 g/mol. The zero-order valence-electron chi connectivity index (χ0n) is 12.0. The second kappa shape index (κ2) is 8.40. The van der Waals surface area contributed by atoms with Gasteiger partial charge in [-0.3, -0.25) is 10.1 Å². The van der Waals surface area contributed by atoms with Gasteiger partial charge in [-0.2, -0.15) is 0 Å². The fourth-order valence-corrected chi connectivity index (χ4v) is 1.43. The van der Waals surface area contributed by atoms with Gasteiger partial charge >= 0.3 is 12.1 Å². The number of hydrogen-bond acceptors (Lipinski definition) is 6. The van der Waals surface area contributed by atoms with Gasteiger partial charge < -0.3 is 14.8 Å². The number of carbonyl (C=O) groups excluding carboxylic acids is 2. The first kappa shape index (κ1) is 17.2. The summed E-state index contributed by atoms with van der Waals surface area (Å²) in [7, 11) is 0. The number of nitrogens with one attached hydrogen (secondary N) is 1. The molecule has 0 saturated heterocycles. The maximum atomic E-state index is 11.4. The van der Waals surface area contributed by atoms with Crippen LogP contribution in [0.15, 0.2) is 36.4 Å². The standard InChI is InChI=1S/C14H16N2O6/c1-10(2)13(17)21-8-7-15-14(18)22-9-11-5-3-4-6-12(11)16(19)20/h3-6H,1,7-9H2,2H3,(H,15,18). The van der Waals surface area contributed by atoms with Crippen LogP contribution in [0.3, 0.4) is 0 Å². The first-order chi connectivity index (χ1) is 10.4. The summed E-state index contributed by atoms with van der Waals surface area (Å²) in [5.41, 5.74) is 0.431. The molecule has 0 fully saturated rings. The van der Waals surface area contributed by atoms with Crippen LogP contribution < -0.4 is 5.32 Å². The van der Waals surface area contributed by atoms with Crippen LogP contribution >= 0.6 is 0 Å². The molecule has 1 rings (SSSR count). The quantitative estimate of drug-likeness (QED) is 0.271. The average molecular weight is 308 g/mol. The molecule has 0 saturated carbocycles. The molecule has 1 aromatic carbocycles. The second-order valence-electron chi connectivity index (χ2n) is 4.30. The molecule has 0 spiro atoms. The van der Waals surface area contributed by atoms with Crippen molar-refractivity contribution in [2.75, 3.05) is 13.2 Å². The monoisotopic (exact) mass is 308 g/mol. The smallest absolute Gasteiger partial charge is 0.407 e. The number of carbonyl (C=O) groups is 2. The Morgan fingerprint density at radius 2 is 2.00 bits per heavy atom. The van der Waals surface area contributed by atoms with E-state index in [0.29, 0.717) is 0 Å². The number of nitro benzene ring substituents is 1. The van der Waals surface area contributed by atoms with Crippen LogP contribution in [-0.4, -0.2) is 30.1 Å². The van der Waals surface area contributed by atoms with Crippen molar-refractivity contribution in [1.29, 1.82) is 0 Å². The van der Waals surface area contributed by atoms with Crippen molar-refractivity contribution in [2.24, 2.45) is 0 Å². The van der Waals surface area contributed by atoms with Crippen molar-refractivity contribution in [3.05, 3.63) is 52.1 Å². The number of rotatable bonds is 7. The second-order valence-corrected chi connectivity index (χ2v) is 4.30. The molecule has 0 bridgehead atoms. The SMILES string of the molecule is C=C(C)C(=O)OCCNC(=O)OCc1ccccc1[N+](=O)[O-]. The third-order valence-electron chi connectivity index (χ3n) is 2.50. The summed E-state index contributed by atoms with van der Waals surface area (Å²) in [6.07, 6.45) is -0.760. The van der Waals surface area contributed by atoms with Gasteiger partial charge in [0.05, 0.1) is 17.0 Å². The van der Waals surface area contributed by atoms with Crippen LogP contribution in [0.25, 0.3) is 0 Å². The minimum Gasteiger partial charge on any atom is -0.460 e. The van der Waals surface area contributed by atoms with Gasteiger partial charge in [0.1, 0.15) is 13.2 Å². The summed E-state index contributed by atoms with van der Waals surface area (Å²) in [6.45, 7) is 4.74. The predicted molar refractivity (Wildman–Crippen MR) is 77.1 cm³/mol. The molecule has 8 nitrogen and oxygen atoms in total. The number of para-hydroxylation sites is 1. The molecule has 8 heteroatoms. The summed E-state index contributed by atoms with van der Waals surface area (Å²) >= 11 is 0. The van der Waals surface area contributed by atoms with E-state index in [0.717, 1.165) is 0 Å². The largest absolute Gasteiger partial charge is 0.460 e. The van der Waals surface area contributed by atoms with Crippen LogP contribution in [0.2, 0.25) is 0 Å². The van der Waals surface area contributed by atoms with Crippen molar-refractivity contribution in [3.8, 4) is 0 Å². The van der Waals surface area contributed by atoms with E-state index in [9.17, 15) is 19.7 Å². The van der Waals surface area contributed by atoms with E-state index >= 15 is 0 Å². The highest BCUT2D eigenvalue weighted by Gasteiger charge is 2.14. The zero-order chi connectivity index (χ0) is 16.5. The predicted octanol–water partition coefficient (Wildman–Crippen LogP) is 1.94. The molecule has 1 amide bonds. The number of benzene rings is 1. The number of hydrogen-bond donors (Lipinski definition) is 1. The molecular formula is C14H16N2O6. The van der Waals surface area contributed by atoms with Crippen LogP contribution in [-0.2, 0) is 20.9 Å². The summed E-state index contributed by atoms with van der Waals surface area (Å²) in [5, 5.41) is 13.1. The highest BCUT2D eigenvalue weighted by Crippen LogP contribution is 2.18. The van der Waals surface area contributed by atoms with E-state index in [-0.39, 0.29) is 36.6 Å². The van der Waals surface area contributed by atoms with Gasteiger partial charge in [-0.1, -0.05) is 18.7 Å². The Kier molecular flexibility index (Phi) is 6.55. The Morgan fingerprint density at radius 1 is 1.32 bits per heavy atom. The summed E-state index contributed by atoms with van der Waals surface area (Å²) in [6, 6.07) is 5.96.